The van der Waals surface area contributed by atoms with Crippen LogP contribution in [0.1, 0.15) is 22.3 Å². The van der Waals surface area contributed by atoms with E-state index in [2.05, 4.69) is 73.0 Å². The van der Waals surface area contributed by atoms with Gasteiger partial charge in [-0.25, -0.2) is 0 Å². The summed E-state index contributed by atoms with van der Waals surface area (Å²) in [6, 6.07) is 15.4. The number of aryl methyl sites for hydroxylation is 2. The van der Waals surface area contributed by atoms with Gasteiger partial charge >= 0.3 is 0 Å². The van der Waals surface area contributed by atoms with Crippen LogP contribution in [0.5, 0.6) is 0 Å². The topological polar surface area (TPSA) is 6.48 Å². The number of anilines is 1. The van der Waals surface area contributed by atoms with Gasteiger partial charge in [0.25, 0.3) is 0 Å². The van der Waals surface area contributed by atoms with E-state index in [0.29, 0.717) is 0 Å². The van der Waals surface area contributed by atoms with E-state index in [1.807, 2.05) is 0 Å². The van der Waals surface area contributed by atoms with E-state index in [1.165, 1.54) is 27.9 Å². The highest BCUT2D eigenvalue weighted by molar-refractivity contribution is 5.56. The Morgan fingerprint density at radius 3 is 2.18 bits per heavy atom. The quantitative estimate of drug-likeness (QED) is 0.846. The molecule has 1 aliphatic heterocycles. The predicted molar refractivity (Wildman–Crippen MR) is 94.6 cm³/mol. The van der Waals surface area contributed by atoms with Gasteiger partial charge in [-0.3, -0.25) is 4.90 Å². The number of piperazine rings is 1. The molecule has 2 nitrogen and oxygen atoms in total. The summed E-state index contributed by atoms with van der Waals surface area (Å²) in [5, 5.41) is 0. The zero-order chi connectivity index (χ0) is 15.5. The Hall–Kier alpha value is -1.80. The van der Waals surface area contributed by atoms with Crippen LogP contribution >= 0.6 is 0 Å². The lowest BCUT2D eigenvalue weighted by atomic mass is 10.1. The fourth-order valence-electron chi connectivity index (χ4n) is 3.25. The molecule has 0 amide bonds. The molecular formula is C20H26N2. The number of rotatable bonds is 3. The molecule has 116 valence electrons. The maximum atomic E-state index is 2.57. The fourth-order valence-corrected chi connectivity index (χ4v) is 3.25. The molecule has 0 spiro atoms. The van der Waals surface area contributed by atoms with Gasteiger partial charge < -0.3 is 4.90 Å². The average Bonchev–Trinajstić information content (AvgIpc) is 2.53. The average molecular weight is 294 g/mol. The molecule has 2 aromatic rings. The van der Waals surface area contributed by atoms with Crippen molar-refractivity contribution in [2.45, 2.75) is 27.3 Å². The first-order valence-corrected chi connectivity index (χ1v) is 8.23. The molecule has 0 aliphatic carbocycles. The number of hydrogen-bond acceptors (Lipinski definition) is 2. The van der Waals surface area contributed by atoms with Gasteiger partial charge in [0.15, 0.2) is 0 Å². The van der Waals surface area contributed by atoms with Gasteiger partial charge in [0.1, 0.15) is 0 Å². The Morgan fingerprint density at radius 1 is 0.773 bits per heavy atom. The molecule has 1 saturated heterocycles. The number of nitrogens with zero attached hydrogens (tertiary/aromatic N) is 2. The molecule has 3 rings (SSSR count). The van der Waals surface area contributed by atoms with Gasteiger partial charge in [-0.05, 0) is 49.1 Å². The predicted octanol–water partition coefficient (Wildman–Crippen LogP) is 3.93. The van der Waals surface area contributed by atoms with E-state index in [4.69, 9.17) is 0 Å². The highest BCUT2D eigenvalue weighted by Gasteiger charge is 2.19. The van der Waals surface area contributed by atoms with Crippen molar-refractivity contribution < 1.29 is 0 Å². The van der Waals surface area contributed by atoms with Gasteiger partial charge in [-0.15, -0.1) is 0 Å². The van der Waals surface area contributed by atoms with Gasteiger partial charge in [-0.1, -0.05) is 36.4 Å². The van der Waals surface area contributed by atoms with E-state index in [-0.39, 0.29) is 0 Å². The summed E-state index contributed by atoms with van der Waals surface area (Å²) in [4.78, 5) is 5.11. The zero-order valence-electron chi connectivity index (χ0n) is 14.0. The van der Waals surface area contributed by atoms with Gasteiger partial charge in [0, 0.05) is 38.4 Å². The third-order valence-electron chi connectivity index (χ3n) is 4.94. The maximum Gasteiger partial charge on any atom is 0.0399 e. The van der Waals surface area contributed by atoms with Crippen molar-refractivity contribution in [1.29, 1.82) is 0 Å². The maximum absolute atomic E-state index is 2.57. The van der Waals surface area contributed by atoms with Crippen LogP contribution in [0.4, 0.5) is 5.69 Å². The van der Waals surface area contributed by atoms with Crippen LogP contribution in [0, 0.1) is 20.8 Å². The van der Waals surface area contributed by atoms with Crippen molar-refractivity contribution in [3.05, 3.63) is 64.7 Å². The standard InChI is InChI=1S/C20H26N2/c1-16-8-6-10-20(18(16)3)22-13-11-21(12-14-22)15-19-9-5-4-7-17(19)2/h4-10H,11-15H2,1-3H3. The van der Waals surface area contributed by atoms with Crippen LogP contribution < -0.4 is 4.90 Å². The molecule has 0 bridgehead atoms. The van der Waals surface area contributed by atoms with Crippen LogP contribution in [0.2, 0.25) is 0 Å². The Bertz CT molecular complexity index is 640. The van der Waals surface area contributed by atoms with E-state index in [9.17, 15) is 0 Å². The van der Waals surface area contributed by atoms with Gasteiger partial charge in [0.05, 0.1) is 0 Å². The minimum absolute atomic E-state index is 1.08. The Labute approximate surface area is 134 Å². The van der Waals surface area contributed by atoms with Crippen molar-refractivity contribution >= 4 is 5.69 Å². The number of benzene rings is 2. The fraction of sp³-hybridized carbons (Fsp3) is 0.400. The molecule has 0 aromatic heterocycles. The first-order chi connectivity index (χ1) is 10.6. The first-order valence-electron chi connectivity index (χ1n) is 8.23. The lowest BCUT2D eigenvalue weighted by Crippen LogP contribution is -2.46. The van der Waals surface area contributed by atoms with E-state index in [0.717, 1.165) is 32.7 Å². The summed E-state index contributed by atoms with van der Waals surface area (Å²) in [6.07, 6.45) is 0. The molecule has 0 radical (unpaired) electrons. The smallest absolute Gasteiger partial charge is 0.0399 e. The molecule has 0 saturated carbocycles. The molecule has 1 heterocycles. The van der Waals surface area contributed by atoms with Gasteiger partial charge in [-0.2, -0.15) is 0 Å². The minimum atomic E-state index is 1.08. The summed E-state index contributed by atoms with van der Waals surface area (Å²) < 4.78 is 0. The van der Waals surface area contributed by atoms with Crippen molar-refractivity contribution in [2.75, 3.05) is 31.1 Å². The third-order valence-corrected chi connectivity index (χ3v) is 4.94. The zero-order valence-corrected chi connectivity index (χ0v) is 14.0. The van der Waals surface area contributed by atoms with Crippen LogP contribution in [0.3, 0.4) is 0 Å². The van der Waals surface area contributed by atoms with E-state index in [1.54, 1.807) is 0 Å². The lowest BCUT2D eigenvalue weighted by Gasteiger charge is -2.37. The van der Waals surface area contributed by atoms with E-state index >= 15 is 0 Å². The Balaban J connectivity index is 1.63. The summed E-state index contributed by atoms with van der Waals surface area (Å²) >= 11 is 0. The summed E-state index contributed by atoms with van der Waals surface area (Å²) in [5.41, 5.74) is 7.09. The van der Waals surface area contributed by atoms with Crippen molar-refractivity contribution in [3.63, 3.8) is 0 Å². The first kappa shape index (κ1) is 15.1. The normalized spacial score (nSPS) is 16.0. The van der Waals surface area contributed by atoms with E-state index < -0.39 is 0 Å². The van der Waals surface area contributed by atoms with Crippen LogP contribution in [0.25, 0.3) is 0 Å². The van der Waals surface area contributed by atoms with Crippen molar-refractivity contribution in [1.82, 2.24) is 4.90 Å². The van der Waals surface area contributed by atoms with Crippen LogP contribution in [-0.2, 0) is 6.54 Å². The highest BCUT2D eigenvalue weighted by Crippen LogP contribution is 2.24. The monoisotopic (exact) mass is 294 g/mol. The minimum Gasteiger partial charge on any atom is -0.369 e. The molecule has 0 unspecified atom stereocenters. The largest absolute Gasteiger partial charge is 0.369 e. The summed E-state index contributed by atoms with van der Waals surface area (Å²) in [7, 11) is 0. The summed E-state index contributed by atoms with van der Waals surface area (Å²) in [6.45, 7) is 12.3. The van der Waals surface area contributed by atoms with Gasteiger partial charge in [0.2, 0.25) is 0 Å². The third kappa shape index (κ3) is 3.17. The van der Waals surface area contributed by atoms with Crippen LogP contribution in [0.15, 0.2) is 42.5 Å². The molecule has 1 aliphatic rings. The number of hydrogen-bond donors (Lipinski definition) is 0. The second kappa shape index (κ2) is 6.53. The molecule has 2 heteroatoms. The molecule has 1 fully saturated rings. The summed E-state index contributed by atoms with van der Waals surface area (Å²) in [5.74, 6) is 0. The van der Waals surface area contributed by atoms with Crippen molar-refractivity contribution in [3.8, 4) is 0 Å². The second-order valence-electron chi connectivity index (χ2n) is 6.41. The Kier molecular flexibility index (Phi) is 4.49. The second-order valence-corrected chi connectivity index (χ2v) is 6.41. The SMILES string of the molecule is Cc1ccccc1CN1CCN(c2cccc(C)c2C)CC1. The van der Waals surface area contributed by atoms with Crippen LogP contribution in [-0.4, -0.2) is 31.1 Å². The highest BCUT2D eigenvalue weighted by atomic mass is 15.3. The molecule has 0 N–H and O–H groups in total. The van der Waals surface area contributed by atoms with Crippen molar-refractivity contribution in [2.24, 2.45) is 0 Å². The molecule has 0 atom stereocenters. The molecular weight excluding hydrogens is 268 g/mol. The lowest BCUT2D eigenvalue weighted by molar-refractivity contribution is 0.249. The molecule has 22 heavy (non-hydrogen) atoms. The molecule has 2 aromatic carbocycles. The Morgan fingerprint density at radius 2 is 1.45 bits per heavy atom.